The van der Waals surface area contributed by atoms with Gasteiger partial charge in [-0.1, -0.05) is 0 Å². The van der Waals surface area contributed by atoms with Crippen molar-refractivity contribution in [2.45, 2.75) is 43.8 Å². The Hall–Kier alpha value is -2.74. The maximum Gasteiger partial charge on any atom is 0.196 e. The SMILES string of the molecule is Cc1cc(Nc2nc(Sc3ccc(N)cc3)nc(N(C)C(C)C)c2C)n[nH]1. The van der Waals surface area contributed by atoms with Gasteiger partial charge in [-0.3, -0.25) is 5.10 Å². The summed E-state index contributed by atoms with van der Waals surface area (Å²) in [6.07, 6.45) is 0. The molecule has 0 radical (unpaired) electrons. The molecular formula is C19H25N7S. The molecule has 0 unspecified atom stereocenters. The summed E-state index contributed by atoms with van der Waals surface area (Å²) in [6.45, 7) is 8.26. The number of H-pyrrole nitrogens is 1. The number of nitrogens with one attached hydrogen (secondary N) is 2. The molecule has 2 aromatic heterocycles. The van der Waals surface area contributed by atoms with Crippen molar-refractivity contribution >= 4 is 34.9 Å². The van der Waals surface area contributed by atoms with E-state index in [4.69, 9.17) is 15.7 Å². The van der Waals surface area contributed by atoms with Crippen LogP contribution in [-0.2, 0) is 0 Å². The van der Waals surface area contributed by atoms with Gasteiger partial charge in [-0.15, -0.1) is 0 Å². The summed E-state index contributed by atoms with van der Waals surface area (Å²) in [5.74, 6) is 2.38. The van der Waals surface area contributed by atoms with E-state index in [-0.39, 0.29) is 0 Å². The van der Waals surface area contributed by atoms with E-state index in [9.17, 15) is 0 Å². The van der Waals surface area contributed by atoms with E-state index < -0.39 is 0 Å². The summed E-state index contributed by atoms with van der Waals surface area (Å²) >= 11 is 1.51. The molecule has 27 heavy (non-hydrogen) atoms. The summed E-state index contributed by atoms with van der Waals surface area (Å²) in [5, 5.41) is 11.2. The number of nitrogens with zero attached hydrogens (tertiary/aromatic N) is 4. The number of anilines is 4. The largest absolute Gasteiger partial charge is 0.399 e. The Bertz CT molecular complexity index is 918. The fraction of sp³-hybridized carbons (Fsp3) is 0.316. The first-order valence-corrected chi connectivity index (χ1v) is 9.59. The van der Waals surface area contributed by atoms with Crippen LogP contribution < -0.4 is 16.0 Å². The average molecular weight is 384 g/mol. The number of nitrogens with two attached hydrogens (primary N) is 1. The zero-order valence-electron chi connectivity index (χ0n) is 16.2. The van der Waals surface area contributed by atoms with Crippen LogP contribution in [0.4, 0.5) is 23.1 Å². The maximum absolute atomic E-state index is 5.78. The van der Waals surface area contributed by atoms with Crippen LogP contribution in [-0.4, -0.2) is 33.3 Å². The highest BCUT2D eigenvalue weighted by Crippen LogP contribution is 2.32. The summed E-state index contributed by atoms with van der Waals surface area (Å²) in [4.78, 5) is 12.7. The first-order valence-electron chi connectivity index (χ1n) is 8.77. The Balaban J connectivity index is 1.99. The number of nitrogen functional groups attached to an aromatic ring is 1. The van der Waals surface area contributed by atoms with Crippen LogP contribution in [0, 0.1) is 13.8 Å². The van der Waals surface area contributed by atoms with Gasteiger partial charge in [0.25, 0.3) is 0 Å². The Labute approximate surface area is 163 Å². The third-order valence-corrected chi connectivity index (χ3v) is 5.12. The van der Waals surface area contributed by atoms with E-state index >= 15 is 0 Å². The summed E-state index contributed by atoms with van der Waals surface area (Å²) < 4.78 is 0. The minimum Gasteiger partial charge on any atom is -0.399 e. The van der Waals surface area contributed by atoms with Crippen LogP contribution in [0.3, 0.4) is 0 Å². The first-order chi connectivity index (χ1) is 12.8. The predicted molar refractivity (Wildman–Crippen MR) is 112 cm³/mol. The smallest absolute Gasteiger partial charge is 0.196 e. The minimum atomic E-state index is 0.313. The van der Waals surface area contributed by atoms with Gasteiger partial charge in [0.2, 0.25) is 0 Å². The van der Waals surface area contributed by atoms with Gasteiger partial charge >= 0.3 is 0 Å². The quantitative estimate of drug-likeness (QED) is 0.435. The zero-order valence-corrected chi connectivity index (χ0v) is 17.1. The second-order valence-electron chi connectivity index (χ2n) is 6.74. The maximum atomic E-state index is 5.78. The van der Waals surface area contributed by atoms with Crippen LogP contribution in [0.2, 0.25) is 0 Å². The lowest BCUT2D eigenvalue weighted by atomic mass is 10.2. The normalized spacial score (nSPS) is 11.0. The predicted octanol–water partition coefficient (Wildman–Crippen LogP) is 4.14. The summed E-state index contributed by atoms with van der Waals surface area (Å²) in [6, 6.07) is 9.96. The fourth-order valence-electron chi connectivity index (χ4n) is 2.48. The lowest BCUT2D eigenvalue weighted by Crippen LogP contribution is -2.28. The minimum absolute atomic E-state index is 0.313. The molecule has 0 saturated heterocycles. The highest BCUT2D eigenvalue weighted by Gasteiger charge is 2.17. The van der Waals surface area contributed by atoms with Gasteiger partial charge in [-0.05, 0) is 63.7 Å². The van der Waals surface area contributed by atoms with Gasteiger partial charge in [0.1, 0.15) is 11.6 Å². The van der Waals surface area contributed by atoms with Gasteiger partial charge < -0.3 is 16.0 Å². The standard InChI is InChI=1S/C19H25N7S/c1-11(2)26(5)18-13(4)17(21-16-10-12(3)24-25-16)22-19(23-18)27-15-8-6-14(20)7-9-15/h6-11H,20H2,1-5H3,(H2,21,22,23,24,25). The van der Waals surface area contributed by atoms with Crippen molar-refractivity contribution in [2.75, 3.05) is 23.0 Å². The van der Waals surface area contributed by atoms with Crippen LogP contribution in [0.1, 0.15) is 25.1 Å². The number of aromatic nitrogens is 4. The molecule has 0 bridgehead atoms. The molecule has 0 fully saturated rings. The Morgan fingerprint density at radius 2 is 1.85 bits per heavy atom. The van der Waals surface area contributed by atoms with E-state index in [1.54, 1.807) is 0 Å². The molecule has 3 aromatic rings. The van der Waals surface area contributed by atoms with E-state index in [2.05, 4.69) is 34.3 Å². The van der Waals surface area contributed by atoms with Crippen LogP contribution >= 0.6 is 11.8 Å². The number of benzene rings is 1. The lowest BCUT2D eigenvalue weighted by Gasteiger charge is -2.25. The monoisotopic (exact) mass is 383 g/mol. The molecule has 2 heterocycles. The molecule has 0 aliphatic heterocycles. The van der Waals surface area contributed by atoms with Crippen LogP contribution in [0.25, 0.3) is 0 Å². The van der Waals surface area contributed by atoms with E-state index in [1.807, 2.05) is 51.2 Å². The number of hydrogen-bond acceptors (Lipinski definition) is 7. The molecular weight excluding hydrogens is 358 g/mol. The average Bonchev–Trinajstić information content (AvgIpc) is 3.03. The molecule has 142 valence electrons. The van der Waals surface area contributed by atoms with Gasteiger partial charge in [0, 0.05) is 41.0 Å². The second kappa shape index (κ2) is 7.87. The molecule has 0 saturated carbocycles. The van der Waals surface area contributed by atoms with Gasteiger partial charge in [0.15, 0.2) is 11.0 Å². The van der Waals surface area contributed by atoms with Crippen molar-refractivity contribution in [3.8, 4) is 0 Å². The Morgan fingerprint density at radius 3 is 2.44 bits per heavy atom. The van der Waals surface area contributed by atoms with Crippen molar-refractivity contribution in [2.24, 2.45) is 0 Å². The highest BCUT2D eigenvalue weighted by molar-refractivity contribution is 7.99. The van der Waals surface area contributed by atoms with Gasteiger partial charge in [0.05, 0.1) is 0 Å². The van der Waals surface area contributed by atoms with Crippen LogP contribution in [0.15, 0.2) is 40.4 Å². The van der Waals surface area contributed by atoms with Gasteiger partial charge in [-0.2, -0.15) is 5.10 Å². The third kappa shape index (κ3) is 4.51. The van der Waals surface area contributed by atoms with E-state index in [0.717, 1.165) is 39.3 Å². The molecule has 0 atom stereocenters. The van der Waals surface area contributed by atoms with Crippen molar-refractivity contribution in [3.05, 3.63) is 41.6 Å². The lowest BCUT2D eigenvalue weighted by molar-refractivity contribution is 0.729. The van der Waals surface area contributed by atoms with Gasteiger partial charge in [-0.25, -0.2) is 9.97 Å². The Kier molecular flexibility index (Phi) is 5.55. The fourth-order valence-corrected chi connectivity index (χ4v) is 3.24. The topological polar surface area (TPSA) is 95.8 Å². The molecule has 7 nitrogen and oxygen atoms in total. The number of aryl methyl sites for hydroxylation is 1. The van der Waals surface area contributed by atoms with Crippen molar-refractivity contribution in [3.63, 3.8) is 0 Å². The van der Waals surface area contributed by atoms with E-state index in [0.29, 0.717) is 11.2 Å². The Morgan fingerprint density at radius 1 is 1.15 bits per heavy atom. The first kappa shape index (κ1) is 19.0. The molecule has 1 aromatic carbocycles. The third-order valence-electron chi connectivity index (χ3n) is 4.25. The molecule has 0 spiro atoms. The molecule has 0 aliphatic carbocycles. The molecule has 3 rings (SSSR count). The molecule has 4 N–H and O–H groups in total. The van der Waals surface area contributed by atoms with Crippen molar-refractivity contribution in [1.29, 1.82) is 0 Å². The molecule has 8 heteroatoms. The highest BCUT2D eigenvalue weighted by atomic mass is 32.2. The van der Waals surface area contributed by atoms with Crippen LogP contribution in [0.5, 0.6) is 0 Å². The van der Waals surface area contributed by atoms with Crippen molar-refractivity contribution in [1.82, 2.24) is 20.2 Å². The van der Waals surface area contributed by atoms with E-state index in [1.165, 1.54) is 11.8 Å². The number of aromatic amines is 1. The number of rotatable bonds is 6. The van der Waals surface area contributed by atoms with Crippen molar-refractivity contribution < 1.29 is 0 Å². The molecule has 0 amide bonds. The number of hydrogen-bond donors (Lipinski definition) is 3. The summed E-state index contributed by atoms with van der Waals surface area (Å²) in [7, 11) is 2.04. The summed E-state index contributed by atoms with van der Waals surface area (Å²) in [5.41, 5.74) is 8.49. The molecule has 0 aliphatic rings. The second-order valence-corrected chi connectivity index (χ2v) is 7.78. The zero-order chi connectivity index (χ0) is 19.6.